The lowest BCUT2D eigenvalue weighted by molar-refractivity contribution is -0.133. The Morgan fingerprint density at radius 2 is 2.11 bits per heavy atom. The van der Waals surface area contributed by atoms with Crippen LogP contribution in [0, 0.1) is 5.41 Å². The van der Waals surface area contributed by atoms with E-state index in [1.165, 1.54) is 6.42 Å². The molecule has 0 aromatic rings. The van der Waals surface area contributed by atoms with Crippen LogP contribution in [0.2, 0.25) is 0 Å². The number of nitrogens with one attached hydrogen (secondary N) is 1. The van der Waals surface area contributed by atoms with Crippen molar-refractivity contribution in [2.24, 2.45) is 11.1 Å². The van der Waals surface area contributed by atoms with E-state index in [-0.39, 0.29) is 18.6 Å². The summed E-state index contributed by atoms with van der Waals surface area (Å²) in [5, 5.41) is 12.0. The Morgan fingerprint density at radius 3 is 2.61 bits per heavy atom. The number of methoxy groups -OCH3 is 1. The second-order valence-electron chi connectivity index (χ2n) is 5.18. The van der Waals surface area contributed by atoms with Crippen molar-refractivity contribution in [3.05, 3.63) is 0 Å². The van der Waals surface area contributed by atoms with Crippen molar-refractivity contribution in [2.75, 3.05) is 26.9 Å². The van der Waals surface area contributed by atoms with Crippen molar-refractivity contribution in [3.63, 3.8) is 0 Å². The van der Waals surface area contributed by atoms with Gasteiger partial charge in [-0.1, -0.05) is 19.3 Å². The Balaban J connectivity index is 2.59. The minimum absolute atomic E-state index is 0.0280. The van der Waals surface area contributed by atoms with E-state index in [0.29, 0.717) is 19.6 Å². The molecule has 0 spiro atoms. The third-order valence-corrected chi connectivity index (χ3v) is 3.86. The van der Waals surface area contributed by atoms with Gasteiger partial charge in [-0.3, -0.25) is 4.79 Å². The van der Waals surface area contributed by atoms with Crippen LogP contribution in [-0.4, -0.2) is 43.9 Å². The molecule has 1 unspecified atom stereocenters. The lowest BCUT2D eigenvalue weighted by atomic mass is 9.73. The average molecular weight is 258 g/mol. The highest BCUT2D eigenvalue weighted by Crippen LogP contribution is 2.35. The molecular weight excluding hydrogens is 232 g/mol. The molecule has 18 heavy (non-hydrogen) atoms. The highest BCUT2D eigenvalue weighted by Gasteiger charge is 2.38. The minimum atomic E-state index is -0.403. The Bertz CT molecular complexity index is 247. The molecule has 5 heteroatoms. The standard InChI is InChI=1S/C13H26N2O3/c1-18-9-11(5-8-16)15-12(17)13(10-14)6-3-2-4-7-13/h11,16H,2-10,14H2,1H3,(H,15,17). The molecule has 1 amide bonds. The van der Waals surface area contributed by atoms with Gasteiger partial charge < -0.3 is 20.9 Å². The number of amides is 1. The zero-order valence-corrected chi connectivity index (χ0v) is 11.3. The number of aliphatic hydroxyl groups excluding tert-OH is 1. The Labute approximate surface area is 109 Å². The van der Waals surface area contributed by atoms with Gasteiger partial charge in [-0.25, -0.2) is 0 Å². The zero-order valence-electron chi connectivity index (χ0n) is 11.3. The molecule has 1 aliphatic carbocycles. The second kappa shape index (κ2) is 7.71. The molecule has 0 aliphatic heterocycles. The first-order valence-corrected chi connectivity index (χ1v) is 6.79. The lowest BCUT2D eigenvalue weighted by Gasteiger charge is -2.36. The summed E-state index contributed by atoms with van der Waals surface area (Å²) < 4.78 is 5.05. The van der Waals surface area contributed by atoms with Crippen LogP contribution in [0.25, 0.3) is 0 Å². The summed E-state index contributed by atoms with van der Waals surface area (Å²) in [7, 11) is 1.59. The number of ether oxygens (including phenoxy) is 1. The fourth-order valence-electron chi connectivity index (χ4n) is 2.65. The van der Waals surface area contributed by atoms with Gasteiger partial charge in [0.25, 0.3) is 0 Å². The van der Waals surface area contributed by atoms with E-state index in [9.17, 15) is 4.79 Å². The quantitative estimate of drug-likeness (QED) is 0.617. The summed E-state index contributed by atoms with van der Waals surface area (Å²) in [5.41, 5.74) is 5.42. The van der Waals surface area contributed by atoms with Gasteiger partial charge in [-0.05, 0) is 19.3 Å². The van der Waals surface area contributed by atoms with Crippen LogP contribution in [0.15, 0.2) is 0 Å². The molecule has 1 saturated carbocycles. The maximum absolute atomic E-state index is 12.4. The summed E-state index contributed by atoms with van der Waals surface area (Å²) in [6.07, 6.45) is 5.58. The first kappa shape index (κ1) is 15.4. The molecule has 0 aromatic carbocycles. The van der Waals surface area contributed by atoms with Crippen LogP contribution >= 0.6 is 0 Å². The van der Waals surface area contributed by atoms with Gasteiger partial charge in [0.1, 0.15) is 0 Å². The predicted octanol–water partition coefficient (Wildman–Crippen LogP) is 0.409. The summed E-state index contributed by atoms with van der Waals surface area (Å²) in [6.45, 7) is 0.870. The smallest absolute Gasteiger partial charge is 0.227 e. The van der Waals surface area contributed by atoms with E-state index in [1.807, 2.05) is 0 Å². The summed E-state index contributed by atoms with van der Waals surface area (Å²) in [5.74, 6) is 0.0280. The Morgan fingerprint density at radius 1 is 1.44 bits per heavy atom. The van der Waals surface area contributed by atoms with Crippen molar-refractivity contribution in [1.29, 1.82) is 0 Å². The largest absolute Gasteiger partial charge is 0.396 e. The molecule has 5 nitrogen and oxygen atoms in total. The van der Waals surface area contributed by atoms with Crippen molar-refractivity contribution < 1.29 is 14.6 Å². The molecule has 0 bridgehead atoms. The fraction of sp³-hybridized carbons (Fsp3) is 0.923. The number of rotatable bonds is 7. The molecular formula is C13H26N2O3. The molecule has 1 atom stereocenters. The summed E-state index contributed by atoms with van der Waals surface area (Å²) >= 11 is 0. The number of aliphatic hydroxyl groups is 1. The monoisotopic (exact) mass is 258 g/mol. The molecule has 1 rings (SSSR count). The van der Waals surface area contributed by atoms with Crippen LogP contribution < -0.4 is 11.1 Å². The van der Waals surface area contributed by atoms with Gasteiger partial charge in [0.2, 0.25) is 5.91 Å². The van der Waals surface area contributed by atoms with Gasteiger partial charge in [0.05, 0.1) is 18.1 Å². The lowest BCUT2D eigenvalue weighted by Crippen LogP contribution is -2.51. The normalized spacial score (nSPS) is 20.4. The minimum Gasteiger partial charge on any atom is -0.396 e. The van der Waals surface area contributed by atoms with Crippen LogP contribution in [0.4, 0.5) is 0 Å². The summed E-state index contributed by atoms with van der Waals surface area (Å²) in [6, 6.07) is -0.127. The second-order valence-corrected chi connectivity index (χ2v) is 5.18. The van der Waals surface area contributed by atoms with Gasteiger partial charge in [-0.15, -0.1) is 0 Å². The topological polar surface area (TPSA) is 84.6 Å². The molecule has 1 fully saturated rings. The number of carbonyl (C=O) groups is 1. The SMILES string of the molecule is COCC(CCO)NC(=O)C1(CN)CCCCC1. The Hall–Kier alpha value is -0.650. The molecule has 106 valence electrons. The van der Waals surface area contributed by atoms with Crippen molar-refractivity contribution >= 4 is 5.91 Å². The van der Waals surface area contributed by atoms with E-state index in [1.54, 1.807) is 7.11 Å². The number of hydrogen-bond donors (Lipinski definition) is 3. The van der Waals surface area contributed by atoms with Gasteiger partial charge in [-0.2, -0.15) is 0 Å². The highest BCUT2D eigenvalue weighted by atomic mass is 16.5. The summed E-state index contributed by atoms with van der Waals surface area (Å²) in [4.78, 5) is 12.4. The van der Waals surface area contributed by atoms with Gasteiger partial charge in [0, 0.05) is 20.3 Å². The molecule has 0 radical (unpaired) electrons. The molecule has 1 aliphatic rings. The van der Waals surface area contributed by atoms with E-state index < -0.39 is 5.41 Å². The first-order valence-electron chi connectivity index (χ1n) is 6.79. The van der Waals surface area contributed by atoms with Crippen molar-refractivity contribution in [3.8, 4) is 0 Å². The molecule has 0 saturated heterocycles. The molecule has 0 aromatic heterocycles. The van der Waals surface area contributed by atoms with Gasteiger partial charge >= 0.3 is 0 Å². The maximum Gasteiger partial charge on any atom is 0.227 e. The number of hydrogen-bond acceptors (Lipinski definition) is 4. The third kappa shape index (κ3) is 3.93. The number of carbonyl (C=O) groups excluding carboxylic acids is 1. The van der Waals surface area contributed by atoms with E-state index in [4.69, 9.17) is 15.6 Å². The number of nitrogens with two attached hydrogens (primary N) is 1. The maximum atomic E-state index is 12.4. The van der Waals surface area contributed by atoms with E-state index >= 15 is 0 Å². The van der Waals surface area contributed by atoms with Crippen LogP contribution in [0.3, 0.4) is 0 Å². The van der Waals surface area contributed by atoms with Crippen LogP contribution in [0.1, 0.15) is 38.5 Å². The fourth-order valence-corrected chi connectivity index (χ4v) is 2.65. The van der Waals surface area contributed by atoms with E-state index in [2.05, 4.69) is 5.32 Å². The highest BCUT2D eigenvalue weighted by molar-refractivity contribution is 5.83. The average Bonchev–Trinajstić information content (AvgIpc) is 2.40. The van der Waals surface area contributed by atoms with Crippen LogP contribution in [-0.2, 0) is 9.53 Å². The Kier molecular flexibility index (Phi) is 6.60. The molecule has 4 N–H and O–H groups in total. The van der Waals surface area contributed by atoms with E-state index in [0.717, 1.165) is 25.7 Å². The van der Waals surface area contributed by atoms with Crippen molar-refractivity contribution in [1.82, 2.24) is 5.32 Å². The third-order valence-electron chi connectivity index (χ3n) is 3.86. The first-order chi connectivity index (χ1) is 8.68. The predicted molar refractivity (Wildman–Crippen MR) is 70.1 cm³/mol. The molecule has 0 heterocycles. The van der Waals surface area contributed by atoms with Gasteiger partial charge in [0.15, 0.2) is 0 Å². The van der Waals surface area contributed by atoms with Crippen molar-refractivity contribution in [2.45, 2.75) is 44.6 Å². The van der Waals surface area contributed by atoms with Crippen LogP contribution in [0.5, 0.6) is 0 Å². The zero-order chi connectivity index (χ0) is 13.4.